The second-order valence-corrected chi connectivity index (χ2v) is 11.2. The highest BCUT2D eigenvalue weighted by molar-refractivity contribution is 5.80. The third kappa shape index (κ3) is 5.25. The number of nitrogens with one attached hydrogen (secondary N) is 1. The van der Waals surface area contributed by atoms with Crippen molar-refractivity contribution in [2.45, 2.75) is 104 Å². The average molecular weight is 493 g/mol. The van der Waals surface area contributed by atoms with Crippen LogP contribution in [0, 0.1) is 19.8 Å². The molecular formula is C28H40N6O2. The molecule has 36 heavy (non-hydrogen) atoms. The van der Waals surface area contributed by atoms with E-state index >= 15 is 0 Å². The fraction of sp³-hybridized carbons (Fsp3) is 0.643. The van der Waals surface area contributed by atoms with Crippen molar-refractivity contribution in [2.24, 2.45) is 5.92 Å². The maximum atomic E-state index is 13.3. The van der Waals surface area contributed by atoms with Gasteiger partial charge in [-0.2, -0.15) is 0 Å². The summed E-state index contributed by atoms with van der Waals surface area (Å²) in [6.45, 7) is 10.8. The van der Waals surface area contributed by atoms with E-state index < -0.39 is 0 Å². The van der Waals surface area contributed by atoms with E-state index in [4.69, 9.17) is 4.74 Å². The Bertz CT molecular complexity index is 1240. The molecule has 2 fully saturated rings. The van der Waals surface area contributed by atoms with Gasteiger partial charge in [-0.1, -0.05) is 33.1 Å². The number of hydrogen-bond acceptors (Lipinski definition) is 6. The van der Waals surface area contributed by atoms with Gasteiger partial charge in [0.2, 0.25) is 0 Å². The molecule has 1 saturated carbocycles. The number of aryl methyl sites for hydroxylation is 2. The summed E-state index contributed by atoms with van der Waals surface area (Å²) in [6, 6.07) is 6.75. The summed E-state index contributed by atoms with van der Waals surface area (Å²) in [5.74, 6) is 1.17. The molecule has 194 valence electrons. The average Bonchev–Trinajstić information content (AvgIpc) is 3.53. The van der Waals surface area contributed by atoms with Crippen LogP contribution < -0.4 is 5.56 Å². The van der Waals surface area contributed by atoms with Crippen LogP contribution in [0.2, 0.25) is 0 Å². The Balaban J connectivity index is 1.52. The van der Waals surface area contributed by atoms with Gasteiger partial charge in [-0.25, -0.2) is 4.68 Å². The molecule has 1 aliphatic carbocycles. The van der Waals surface area contributed by atoms with Crippen molar-refractivity contribution in [1.82, 2.24) is 30.1 Å². The molecule has 2 aromatic heterocycles. The third-order valence-corrected chi connectivity index (χ3v) is 8.15. The first kappa shape index (κ1) is 25.1. The molecule has 1 N–H and O–H groups in total. The van der Waals surface area contributed by atoms with Gasteiger partial charge in [-0.3, -0.25) is 9.69 Å². The summed E-state index contributed by atoms with van der Waals surface area (Å²) in [4.78, 5) is 19.0. The second-order valence-electron chi connectivity index (χ2n) is 11.2. The van der Waals surface area contributed by atoms with Crippen LogP contribution in [0.3, 0.4) is 0 Å². The zero-order valence-electron chi connectivity index (χ0n) is 22.2. The third-order valence-electron chi connectivity index (χ3n) is 8.15. The minimum Gasteiger partial charge on any atom is -0.376 e. The highest BCUT2D eigenvalue weighted by Crippen LogP contribution is 2.35. The van der Waals surface area contributed by atoms with Gasteiger partial charge in [0.1, 0.15) is 0 Å². The molecule has 1 saturated heterocycles. The van der Waals surface area contributed by atoms with Crippen LogP contribution in [-0.2, 0) is 17.8 Å². The molecule has 8 nitrogen and oxygen atoms in total. The van der Waals surface area contributed by atoms with Crippen LogP contribution in [0.5, 0.6) is 0 Å². The molecule has 0 spiro atoms. The molecule has 5 rings (SSSR count). The van der Waals surface area contributed by atoms with Gasteiger partial charge in [0.15, 0.2) is 5.82 Å². The minimum absolute atomic E-state index is 0.00647. The Hall–Kier alpha value is -2.58. The van der Waals surface area contributed by atoms with Gasteiger partial charge in [0, 0.05) is 30.3 Å². The van der Waals surface area contributed by atoms with Crippen molar-refractivity contribution < 1.29 is 4.74 Å². The van der Waals surface area contributed by atoms with Gasteiger partial charge in [-0.15, -0.1) is 5.10 Å². The number of aromatic nitrogens is 5. The van der Waals surface area contributed by atoms with Crippen molar-refractivity contribution in [3.05, 3.63) is 51.1 Å². The lowest BCUT2D eigenvalue weighted by atomic mass is 9.90. The summed E-state index contributed by atoms with van der Waals surface area (Å²) in [6.07, 6.45) is 8.30. The first-order chi connectivity index (χ1) is 17.4. The zero-order valence-corrected chi connectivity index (χ0v) is 22.2. The fourth-order valence-corrected chi connectivity index (χ4v) is 6.07. The quantitative estimate of drug-likeness (QED) is 0.484. The number of aromatic amines is 1. The normalized spacial score (nSPS) is 20.1. The van der Waals surface area contributed by atoms with Crippen molar-refractivity contribution in [3.63, 3.8) is 0 Å². The van der Waals surface area contributed by atoms with E-state index in [0.29, 0.717) is 19.1 Å². The van der Waals surface area contributed by atoms with Gasteiger partial charge in [0.25, 0.3) is 5.56 Å². The van der Waals surface area contributed by atoms with Gasteiger partial charge in [-0.05, 0) is 90.6 Å². The number of fused-ring (bicyclic) bond motifs is 1. The lowest BCUT2D eigenvalue weighted by Gasteiger charge is -2.41. The SMILES string of the molecule is Cc1cc2cc(CN(C3CCCCC3)[C@H](c3nnnn3C[C@H]3CCCO3)C(C)C)c(=O)[nH]c2cc1C. The van der Waals surface area contributed by atoms with E-state index in [1.807, 2.05) is 4.68 Å². The van der Waals surface area contributed by atoms with E-state index in [-0.39, 0.29) is 23.6 Å². The molecule has 8 heteroatoms. The van der Waals surface area contributed by atoms with E-state index in [1.54, 1.807) is 0 Å². The molecular weight excluding hydrogens is 452 g/mol. The van der Waals surface area contributed by atoms with Crippen LogP contribution in [0.4, 0.5) is 0 Å². The van der Waals surface area contributed by atoms with Crippen molar-refractivity contribution >= 4 is 10.9 Å². The largest absolute Gasteiger partial charge is 0.376 e. The lowest BCUT2D eigenvalue weighted by molar-refractivity contribution is 0.0553. The van der Waals surface area contributed by atoms with E-state index in [1.165, 1.54) is 30.4 Å². The van der Waals surface area contributed by atoms with Crippen molar-refractivity contribution in [1.29, 1.82) is 0 Å². The smallest absolute Gasteiger partial charge is 0.252 e. The monoisotopic (exact) mass is 492 g/mol. The summed E-state index contributed by atoms with van der Waals surface area (Å²) in [5.41, 5.74) is 4.12. The number of tetrazole rings is 1. The van der Waals surface area contributed by atoms with Gasteiger partial charge < -0.3 is 9.72 Å². The number of benzene rings is 1. The van der Waals surface area contributed by atoms with Crippen LogP contribution in [0.15, 0.2) is 23.0 Å². The maximum absolute atomic E-state index is 13.3. The highest BCUT2D eigenvalue weighted by atomic mass is 16.5. The summed E-state index contributed by atoms with van der Waals surface area (Å²) >= 11 is 0. The molecule has 0 bridgehead atoms. The van der Waals surface area contributed by atoms with E-state index in [2.05, 4.69) is 71.3 Å². The van der Waals surface area contributed by atoms with E-state index in [0.717, 1.165) is 54.6 Å². The lowest BCUT2D eigenvalue weighted by Crippen LogP contribution is -2.43. The zero-order chi connectivity index (χ0) is 25.2. The molecule has 0 unspecified atom stereocenters. The first-order valence-corrected chi connectivity index (χ1v) is 13.7. The second kappa shape index (κ2) is 10.8. The molecule has 1 aliphatic heterocycles. The van der Waals surface area contributed by atoms with Crippen LogP contribution in [0.1, 0.15) is 87.3 Å². The molecule has 0 amide bonds. The van der Waals surface area contributed by atoms with Gasteiger partial charge >= 0.3 is 0 Å². The summed E-state index contributed by atoms with van der Waals surface area (Å²) in [7, 11) is 0. The molecule has 2 aliphatic rings. The predicted octanol–water partition coefficient (Wildman–Crippen LogP) is 4.84. The topological polar surface area (TPSA) is 88.9 Å². The van der Waals surface area contributed by atoms with Crippen LogP contribution in [0.25, 0.3) is 10.9 Å². The maximum Gasteiger partial charge on any atom is 0.252 e. The summed E-state index contributed by atoms with van der Waals surface area (Å²) < 4.78 is 7.84. The number of pyridine rings is 1. The molecule has 3 aromatic rings. The van der Waals surface area contributed by atoms with Crippen molar-refractivity contribution in [3.8, 4) is 0 Å². The molecule has 2 atom stereocenters. The summed E-state index contributed by atoms with van der Waals surface area (Å²) in [5, 5.41) is 14.1. The number of nitrogens with zero attached hydrogens (tertiary/aromatic N) is 5. The first-order valence-electron chi connectivity index (χ1n) is 13.7. The number of ether oxygens (including phenoxy) is 1. The number of H-pyrrole nitrogens is 1. The number of rotatable bonds is 8. The Morgan fingerprint density at radius 1 is 1.08 bits per heavy atom. The predicted molar refractivity (Wildman–Crippen MR) is 141 cm³/mol. The van der Waals surface area contributed by atoms with E-state index in [9.17, 15) is 4.79 Å². The fourth-order valence-electron chi connectivity index (χ4n) is 6.07. The standard InChI is InChI=1S/C28H40N6O2/c1-18(2)26(27-30-31-32-34(27)17-24-11-8-12-36-24)33(23-9-6-5-7-10-23)16-22-15-21-13-19(3)20(4)14-25(21)29-28(22)35/h13-15,18,23-24,26H,5-12,16-17H2,1-4H3,(H,29,35)/t24-,26+/m1/s1. The molecule has 1 aromatic carbocycles. The highest BCUT2D eigenvalue weighted by Gasteiger charge is 2.35. The Morgan fingerprint density at radius 2 is 1.86 bits per heavy atom. The Kier molecular flexibility index (Phi) is 7.53. The minimum atomic E-state index is -0.00647. The van der Waals surface area contributed by atoms with Crippen LogP contribution in [-0.4, -0.2) is 48.8 Å². The van der Waals surface area contributed by atoms with Crippen molar-refractivity contribution in [2.75, 3.05) is 6.61 Å². The Morgan fingerprint density at radius 3 is 2.58 bits per heavy atom. The molecule has 3 heterocycles. The number of hydrogen-bond donors (Lipinski definition) is 1. The Labute approximate surface area is 213 Å². The van der Waals surface area contributed by atoms with Gasteiger partial charge in [0.05, 0.1) is 18.7 Å². The molecule has 0 radical (unpaired) electrons. The van der Waals surface area contributed by atoms with Crippen LogP contribution >= 0.6 is 0 Å².